The highest BCUT2D eigenvalue weighted by Gasteiger charge is 2.33. The van der Waals surface area contributed by atoms with Gasteiger partial charge in [-0.3, -0.25) is 4.79 Å². The van der Waals surface area contributed by atoms with Gasteiger partial charge in [0.25, 0.3) is 0 Å². The minimum Gasteiger partial charge on any atom is -0.383 e. The monoisotopic (exact) mass is 474 g/mol. The lowest BCUT2D eigenvalue weighted by molar-refractivity contribution is -0.134. The number of hydrogen-bond donors (Lipinski definition) is 1. The highest BCUT2D eigenvalue weighted by atomic mass is 16.5. The van der Waals surface area contributed by atoms with Crippen LogP contribution in [0.4, 0.5) is 10.5 Å². The van der Waals surface area contributed by atoms with Crippen LogP contribution in [0, 0.1) is 20.8 Å². The van der Waals surface area contributed by atoms with Gasteiger partial charge >= 0.3 is 6.03 Å². The van der Waals surface area contributed by atoms with Crippen LogP contribution in [-0.4, -0.2) is 59.7 Å². The fraction of sp³-hybridized carbons (Fsp3) is 0.357. The average molecular weight is 475 g/mol. The number of anilines is 1. The van der Waals surface area contributed by atoms with E-state index in [1.807, 2.05) is 43.0 Å². The molecule has 0 fully saturated rings. The van der Waals surface area contributed by atoms with Crippen molar-refractivity contribution in [3.05, 3.63) is 88.7 Å². The van der Waals surface area contributed by atoms with Gasteiger partial charge in [0.15, 0.2) is 0 Å². The molecule has 184 valence electrons. The van der Waals surface area contributed by atoms with Gasteiger partial charge in [0, 0.05) is 44.3 Å². The summed E-state index contributed by atoms with van der Waals surface area (Å²) in [6.45, 7) is 7.97. The quantitative estimate of drug-likeness (QED) is 0.547. The first-order valence-corrected chi connectivity index (χ1v) is 12.0. The van der Waals surface area contributed by atoms with Crippen molar-refractivity contribution in [3.8, 4) is 0 Å². The van der Waals surface area contributed by atoms with E-state index in [4.69, 9.17) is 4.74 Å². The Bertz CT molecular complexity index is 1190. The summed E-state index contributed by atoms with van der Waals surface area (Å²) < 4.78 is 7.43. The van der Waals surface area contributed by atoms with Crippen molar-refractivity contribution < 1.29 is 14.3 Å². The number of aryl methyl sites for hydroxylation is 3. The normalized spacial score (nSPS) is 15.0. The molecular weight excluding hydrogens is 440 g/mol. The Balaban J connectivity index is 1.56. The van der Waals surface area contributed by atoms with Gasteiger partial charge in [-0.15, -0.1) is 0 Å². The van der Waals surface area contributed by atoms with Crippen molar-refractivity contribution in [1.29, 1.82) is 0 Å². The summed E-state index contributed by atoms with van der Waals surface area (Å²) in [5.41, 5.74) is 6.16. The number of ether oxygens (including phenoxy) is 1. The summed E-state index contributed by atoms with van der Waals surface area (Å²) >= 11 is 0. The molecule has 0 aliphatic carbocycles. The molecule has 3 aromatic rings. The first kappa shape index (κ1) is 24.5. The maximum Gasteiger partial charge on any atom is 0.322 e. The number of carbonyl (C=O) groups excluding carboxylic acids is 2. The molecular formula is C28H34N4O3. The van der Waals surface area contributed by atoms with Crippen LogP contribution < -0.4 is 5.32 Å². The third-order valence-corrected chi connectivity index (χ3v) is 6.55. The zero-order chi connectivity index (χ0) is 24.9. The molecule has 1 aliphatic heterocycles. The molecule has 4 rings (SSSR count). The van der Waals surface area contributed by atoms with Gasteiger partial charge < -0.3 is 24.4 Å². The molecule has 7 heteroatoms. The molecule has 1 atom stereocenters. The van der Waals surface area contributed by atoms with Crippen molar-refractivity contribution in [3.63, 3.8) is 0 Å². The Morgan fingerprint density at radius 1 is 1.03 bits per heavy atom. The van der Waals surface area contributed by atoms with Crippen molar-refractivity contribution in [2.75, 3.05) is 38.7 Å². The number of hydrogen-bond acceptors (Lipinski definition) is 3. The summed E-state index contributed by atoms with van der Waals surface area (Å²) in [5, 5.41) is 2.97. The van der Waals surface area contributed by atoms with Crippen molar-refractivity contribution >= 4 is 17.6 Å². The van der Waals surface area contributed by atoms with Crippen LogP contribution in [0.3, 0.4) is 0 Å². The summed E-state index contributed by atoms with van der Waals surface area (Å²) in [7, 11) is 1.59. The Morgan fingerprint density at radius 2 is 1.77 bits per heavy atom. The SMILES string of the molecule is COCCN(CC(=O)N1CCn2cccc2[C@H]1c1ccc(C)cc1)C(=O)Nc1ccc(C)cc1C. The van der Waals surface area contributed by atoms with Crippen LogP contribution in [-0.2, 0) is 16.1 Å². The molecule has 2 aromatic carbocycles. The molecule has 3 amide bonds. The number of urea groups is 1. The summed E-state index contributed by atoms with van der Waals surface area (Å²) in [6, 6.07) is 17.8. The van der Waals surface area contributed by atoms with Crippen LogP contribution in [0.15, 0.2) is 60.8 Å². The van der Waals surface area contributed by atoms with E-state index in [1.54, 1.807) is 7.11 Å². The number of nitrogens with one attached hydrogen (secondary N) is 1. The Kier molecular flexibility index (Phi) is 7.56. The minimum absolute atomic E-state index is 0.0246. The lowest BCUT2D eigenvalue weighted by Crippen LogP contribution is -2.49. The molecule has 0 saturated carbocycles. The topological polar surface area (TPSA) is 66.8 Å². The van der Waals surface area contributed by atoms with Crippen molar-refractivity contribution in [1.82, 2.24) is 14.4 Å². The van der Waals surface area contributed by atoms with Crippen LogP contribution in [0.25, 0.3) is 0 Å². The minimum atomic E-state index is -0.311. The number of amides is 3. The van der Waals surface area contributed by atoms with E-state index in [0.29, 0.717) is 19.7 Å². The van der Waals surface area contributed by atoms with Gasteiger partial charge in [-0.2, -0.15) is 0 Å². The van der Waals surface area contributed by atoms with Gasteiger partial charge in [0.05, 0.1) is 12.6 Å². The molecule has 0 spiro atoms. The fourth-order valence-corrected chi connectivity index (χ4v) is 4.61. The van der Waals surface area contributed by atoms with E-state index in [0.717, 1.165) is 34.6 Å². The van der Waals surface area contributed by atoms with Crippen molar-refractivity contribution in [2.45, 2.75) is 33.4 Å². The molecule has 2 heterocycles. The smallest absolute Gasteiger partial charge is 0.322 e. The molecule has 7 nitrogen and oxygen atoms in total. The molecule has 0 saturated heterocycles. The Morgan fingerprint density at radius 3 is 2.49 bits per heavy atom. The summed E-state index contributed by atoms with van der Waals surface area (Å²) in [4.78, 5) is 30.3. The van der Waals surface area contributed by atoms with Gasteiger partial charge in [-0.25, -0.2) is 4.79 Å². The van der Waals surface area contributed by atoms with Gasteiger partial charge in [-0.1, -0.05) is 47.5 Å². The Hall–Kier alpha value is -3.58. The molecule has 35 heavy (non-hydrogen) atoms. The third kappa shape index (κ3) is 5.57. The van der Waals surface area contributed by atoms with Crippen LogP contribution in [0.1, 0.15) is 34.0 Å². The van der Waals surface area contributed by atoms with E-state index in [1.165, 1.54) is 10.5 Å². The standard InChI is InChI=1S/C28H34N4O3/c1-20-7-10-23(11-8-20)27-25-6-5-13-30(25)14-15-32(27)26(33)19-31(16-17-35-4)28(34)29-24-12-9-21(2)18-22(24)3/h5-13,18,27H,14-17,19H2,1-4H3,(H,29,34)/t27-/m1/s1. The molecule has 1 N–H and O–H groups in total. The second-order valence-electron chi connectivity index (χ2n) is 9.19. The number of nitrogens with zero attached hydrogens (tertiary/aromatic N) is 3. The number of carbonyl (C=O) groups is 2. The van der Waals surface area contributed by atoms with Crippen molar-refractivity contribution in [2.24, 2.45) is 0 Å². The number of aromatic nitrogens is 1. The lowest BCUT2D eigenvalue weighted by atomic mass is 9.98. The highest BCUT2D eigenvalue weighted by Crippen LogP contribution is 2.32. The van der Waals surface area contributed by atoms with E-state index in [2.05, 4.69) is 53.3 Å². The first-order valence-electron chi connectivity index (χ1n) is 12.0. The second-order valence-corrected chi connectivity index (χ2v) is 9.19. The first-order chi connectivity index (χ1) is 16.9. The lowest BCUT2D eigenvalue weighted by Gasteiger charge is -2.38. The zero-order valence-electron chi connectivity index (χ0n) is 21.0. The van der Waals surface area contributed by atoms with Crippen LogP contribution in [0.2, 0.25) is 0 Å². The fourth-order valence-electron chi connectivity index (χ4n) is 4.61. The van der Waals surface area contributed by atoms with E-state index in [9.17, 15) is 9.59 Å². The summed E-state index contributed by atoms with van der Waals surface area (Å²) in [6.07, 6.45) is 2.06. The largest absolute Gasteiger partial charge is 0.383 e. The predicted octanol–water partition coefficient (Wildman–Crippen LogP) is 4.53. The van der Waals surface area contributed by atoms with Gasteiger partial charge in [0.1, 0.15) is 6.54 Å². The maximum atomic E-state index is 13.7. The highest BCUT2D eigenvalue weighted by molar-refractivity contribution is 5.93. The molecule has 0 radical (unpaired) electrons. The number of rotatable bonds is 7. The number of methoxy groups -OCH3 is 1. The third-order valence-electron chi connectivity index (χ3n) is 6.55. The van der Waals surface area contributed by atoms with E-state index < -0.39 is 0 Å². The maximum absolute atomic E-state index is 13.7. The Labute approximate surface area is 207 Å². The average Bonchev–Trinajstić information content (AvgIpc) is 3.32. The van der Waals surface area contributed by atoms with Crippen LogP contribution >= 0.6 is 0 Å². The molecule has 0 bridgehead atoms. The van der Waals surface area contributed by atoms with Gasteiger partial charge in [-0.05, 0) is 50.1 Å². The number of benzene rings is 2. The van der Waals surface area contributed by atoms with E-state index >= 15 is 0 Å². The van der Waals surface area contributed by atoms with Gasteiger partial charge in [0.2, 0.25) is 5.91 Å². The van der Waals surface area contributed by atoms with Crippen LogP contribution in [0.5, 0.6) is 0 Å². The second kappa shape index (κ2) is 10.8. The number of fused-ring (bicyclic) bond motifs is 1. The van der Waals surface area contributed by atoms with E-state index in [-0.39, 0.29) is 24.5 Å². The zero-order valence-corrected chi connectivity index (χ0v) is 21.0. The molecule has 1 aromatic heterocycles. The summed E-state index contributed by atoms with van der Waals surface area (Å²) in [5.74, 6) is -0.0880. The molecule has 1 aliphatic rings. The predicted molar refractivity (Wildman–Crippen MR) is 138 cm³/mol. The molecule has 0 unspecified atom stereocenters.